The van der Waals surface area contributed by atoms with Gasteiger partial charge in [0.05, 0.1) is 0 Å². The fourth-order valence-electron chi connectivity index (χ4n) is 4.43. The Balaban J connectivity index is 2.60. The predicted molar refractivity (Wildman–Crippen MR) is 135 cm³/mol. The van der Waals surface area contributed by atoms with Gasteiger partial charge in [0.1, 0.15) is 37.6 Å². The van der Waals surface area contributed by atoms with Crippen molar-refractivity contribution in [3.63, 3.8) is 0 Å². The Labute approximate surface area is 251 Å². The SMILES string of the molecule is CC(=O)OC[C@H]1O[C@@H](O[C@H]2[C@H](O)[C@@H](OC(C)=O)[C@H](OC(C)=O)O[C@@H]2COC(C)=O)[C@H](OC(C)=O)[C@@H](OC(C)=O)[C@H]1OC(C)=O. The van der Waals surface area contributed by atoms with E-state index in [4.69, 9.17) is 47.4 Å². The van der Waals surface area contributed by atoms with Crippen molar-refractivity contribution in [2.24, 2.45) is 0 Å². The minimum atomic E-state index is -1.87. The maximum absolute atomic E-state index is 12.1. The summed E-state index contributed by atoms with van der Waals surface area (Å²) >= 11 is 0. The van der Waals surface area contributed by atoms with E-state index in [2.05, 4.69) is 0 Å². The third kappa shape index (κ3) is 10.7. The van der Waals surface area contributed by atoms with Gasteiger partial charge >= 0.3 is 41.8 Å². The molecule has 1 N–H and O–H groups in total. The number of esters is 7. The fraction of sp³-hybridized carbons (Fsp3) is 0.731. The van der Waals surface area contributed by atoms with Crippen LogP contribution in [0.25, 0.3) is 0 Å². The van der Waals surface area contributed by atoms with Gasteiger partial charge < -0.3 is 52.5 Å². The van der Waals surface area contributed by atoms with Crippen LogP contribution in [0.5, 0.6) is 0 Å². The predicted octanol–water partition coefficient (Wildman–Crippen LogP) is -1.40. The number of rotatable bonds is 11. The maximum atomic E-state index is 12.1. The summed E-state index contributed by atoms with van der Waals surface area (Å²) < 4.78 is 53.8. The van der Waals surface area contributed by atoms with Gasteiger partial charge in [-0.1, -0.05) is 0 Å². The van der Waals surface area contributed by atoms with Crippen molar-refractivity contribution < 1.29 is 86.0 Å². The van der Waals surface area contributed by atoms with Gasteiger partial charge in [0.25, 0.3) is 0 Å². The van der Waals surface area contributed by atoms with Gasteiger partial charge in [-0.05, 0) is 0 Å². The third-order valence-corrected chi connectivity index (χ3v) is 5.89. The summed E-state index contributed by atoms with van der Waals surface area (Å²) in [6.07, 6.45) is -16.3. The Morgan fingerprint density at radius 1 is 0.477 bits per heavy atom. The summed E-state index contributed by atoms with van der Waals surface area (Å²) in [6, 6.07) is 0. The zero-order valence-electron chi connectivity index (χ0n) is 25.1. The molecule has 18 heteroatoms. The Morgan fingerprint density at radius 2 is 0.864 bits per heavy atom. The summed E-state index contributed by atoms with van der Waals surface area (Å²) in [5.41, 5.74) is 0. The molecule has 0 saturated carbocycles. The fourth-order valence-corrected chi connectivity index (χ4v) is 4.43. The summed E-state index contributed by atoms with van der Waals surface area (Å²) in [5.74, 6) is -5.97. The zero-order chi connectivity index (χ0) is 33.3. The van der Waals surface area contributed by atoms with Crippen molar-refractivity contribution >= 4 is 41.8 Å². The lowest BCUT2D eigenvalue weighted by Crippen LogP contribution is -2.66. The second-order valence-corrected chi connectivity index (χ2v) is 9.69. The molecule has 10 atom stereocenters. The molecule has 2 heterocycles. The second-order valence-electron chi connectivity index (χ2n) is 9.69. The lowest BCUT2D eigenvalue weighted by molar-refractivity contribution is -0.357. The maximum Gasteiger partial charge on any atom is 0.305 e. The highest BCUT2D eigenvalue weighted by atomic mass is 16.8. The van der Waals surface area contributed by atoms with E-state index in [0.717, 1.165) is 48.5 Å². The van der Waals surface area contributed by atoms with Gasteiger partial charge in [0.15, 0.2) is 30.7 Å². The van der Waals surface area contributed by atoms with Crippen LogP contribution >= 0.6 is 0 Å². The molecular weight excluding hydrogens is 600 g/mol. The van der Waals surface area contributed by atoms with E-state index in [1.54, 1.807) is 0 Å². The van der Waals surface area contributed by atoms with E-state index in [1.165, 1.54) is 0 Å². The molecule has 2 fully saturated rings. The molecule has 0 aromatic rings. The highest BCUT2D eigenvalue weighted by molar-refractivity contribution is 5.69. The number of aliphatic hydroxyl groups excluding tert-OH is 1. The second kappa shape index (κ2) is 16.3. The van der Waals surface area contributed by atoms with Crippen LogP contribution in [0.2, 0.25) is 0 Å². The van der Waals surface area contributed by atoms with Crippen molar-refractivity contribution in [3.8, 4) is 0 Å². The molecule has 2 rings (SSSR count). The molecule has 0 spiro atoms. The minimum absolute atomic E-state index is 0.567. The van der Waals surface area contributed by atoms with E-state index in [9.17, 15) is 38.7 Å². The van der Waals surface area contributed by atoms with Crippen LogP contribution in [0.15, 0.2) is 0 Å². The topological polar surface area (TPSA) is 232 Å². The standard InChI is InChI=1S/C26H36O18/c1-10(27)35-8-17-20(19(34)22(38-13(4)30)25(42-17)41-16(7)33)44-26-24(40-15(6)32)23(39-14(5)31)21(37-12(3)29)18(43-26)9-36-11(2)28/h17-26,34H,8-9H2,1-7H3/t17-,18-,19+,20-,21+,22-,23+,24-,25-,26+/m1/s1. The van der Waals surface area contributed by atoms with Crippen molar-refractivity contribution in [1.29, 1.82) is 0 Å². The number of carbonyl (C=O) groups excluding carboxylic acids is 7. The van der Waals surface area contributed by atoms with Crippen LogP contribution in [-0.4, -0.2) is 122 Å². The summed E-state index contributed by atoms with van der Waals surface area (Å²) in [6.45, 7) is 6.13. The lowest BCUT2D eigenvalue weighted by Gasteiger charge is -2.47. The van der Waals surface area contributed by atoms with Crippen molar-refractivity contribution in [2.45, 2.75) is 110 Å². The molecule has 0 radical (unpaired) electrons. The third-order valence-electron chi connectivity index (χ3n) is 5.89. The first-order valence-corrected chi connectivity index (χ1v) is 13.3. The molecule has 2 saturated heterocycles. The van der Waals surface area contributed by atoms with Crippen LogP contribution in [-0.2, 0) is 80.9 Å². The van der Waals surface area contributed by atoms with Crippen LogP contribution in [0, 0.1) is 0 Å². The van der Waals surface area contributed by atoms with Crippen molar-refractivity contribution in [2.75, 3.05) is 13.2 Å². The Morgan fingerprint density at radius 3 is 1.32 bits per heavy atom. The number of carbonyl (C=O) groups is 7. The first kappa shape index (κ1) is 36.3. The van der Waals surface area contributed by atoms with E-state index >= 15 is 0 Å². The summed E-state index contributed by atoms with van der Waals surface area (Å²) in [7, 11) is 0. The average molecular weight is 637 g/mol. The molecular formula is C26H36O18. The molecule has 2 aliphatic heterocycles. The highest BCUT2D eigenvalue weighted by Crippen LogP contribution is 2.34. The van der Waals surface area contributed by atoms with Crippen LogP contribution < -0.4 is 0 Å². The van der Waals surface area contributed by atoms with Gasteiger partial charge in [-0.15, -0.1) is 0 Å². The van der Waals surface area contributed by atoms with Gasteiger partial charge in [-0.25, -0.2) is 0 Å². The van der Waals surface area contributed by atoms with Gasteiger partial charge in [-0.3, -0.25) is 33.6 Å². The number of aliphatic hydroxyl groups is 1. The van der Waals surface area contributed by atoms with Crippen molar-refractivity contribution in [3.05, 3.63) is 0 Å². The average Bonchev–Trinajstić information content (AvgIpc) is 2.87. The van der Waals surface area contributed by atoms with Crippen LogP contribution in [0.1, 0.15) is 48.5 Å². The Kier molecular flexibility index (Phi) is 13.4. The van der Waals surface area contributed by atoms with Gasteiger partial charge in [-0.2, -0.15) is 0 Å². The number of ether oxygens (including phenoxy) is 10. The number of hydrogen-bond donors (Lipinski definition) is 1. The molecule has 248 valence electrons. The van der Waals surface area contributed by atoms with Gasteiger partial charge in [0.2, 0.25) is 6.29 Å². The van der Waals surface area contributed by atoms with Crippen molar-refractivity contribution in [1.82, 2.24) is 0 Å². The zero-order valence-corrected chi connectivity index (χ0v) is 25.1. The molecule has 2 aliphatic rings. The van der Waals surface area contributed by atoms with E-state index in [0.29, 0.717) is 0 Å². The molecule has 0 unspecified atom stereocenters. The van der Waals surface area contributed by atoms with Gasteiger partial charge in [0, 0.05) is 48.5 Å². The molecule has 0 aromatic heterocycles. The molecule has 18 nitrogen and oxygen atoms in total. The minimum Gasteiger partial charge on any atom is -0.463 e. The largest absolute Gasteiger partial charge is 0.463 e. The smallest absolute Gasteiger partial charge is 0.305 e. The van der Waals surface area contributed by atoms with E-state index in [-0.39, 0.29) is 0 Å². The highest BCUT2D eigenvalue weighted by Gasteiger charge is 2.56. The first-order valence-electron chi connectivity index (χ1n) is 13.3. The first-order chi connectivity index (χ1) is 20.5. The van der Waals surface area contributed by atoms with Crippen LogP contribution in [0.3, 0.4) is 0 Å². The Hall–Kier alpha value is -3.87. The molecule has 0 bridgehead atoms. The monoisotopic (exact) mass is 636 g/mol. The van der Waals surface area contributed by atoms with E-state index in [1.807, 2.05) is 0 Å². The lowest BCUT2D eigenvalue weighted by atomic mass is 9.96. The Bertz CT molecular complexity index is 1090. The van der Waals surface area contributed by atoms with E-state index < -0.39 is 116 Å². The summed E-state index contributed by atoms with van der Waals surface area (Å²) in [5, 5.41) is 11.3. The molecule has 0 amide bonds. The molecule has 0 aromatic carbocycles. The molecule has 0 aliphatic carbocycles. The quantitative estimate of drug-likeness (QED) is 0.203. The van der Waals surface area contributed by atoms with Crippen LogP contribution in [0.4, 0.5) is 0 Å². The summed E-state index contributed by atoms with van der Waals surface area (Å²) in [4.78, 5) is 83.0. The molecule has 44 heavy (non-hydrogen) atoms. The normalized spacial score (nSPS) is 31.5. The number of hydrogen-bond acceptors (Lipinski definition) is 18.